The van der Waals surface area contributed by atoms with Crippen LogP contribution in [0.5, 0.6) is 0 Å². The molecular weight excluding hydrogens is 364 g/mol. The molecule has 0 spiro atoms. The highest BCUT2D eigenvalue weighted by Crippen LogP contribution is 2.34. The van der Waals surface area contributed by atoms with E-state index in [1.165, 1.54) is 9.58 Å². The topological polar surface area (TPSA) is 122 Å². The zero-order chi connectivity index (χ0) is 20.1. The maximum atomic E-state index is 12.2. The number of aliphatic hydroxyl groups is 1. The molecule has 2 N–H and O–H groups in total. The van der Waals surface area contributed by atoms with Gasteiger partial charge in [0.2, 0.25) is 5.60 Å². The molecule has 3 heterocycles. The van der Waals surface area contributed by atoms with Gasteiger partial charge in [0.25, 0.3) is 5.91 Å². The van der Waals surface area contributed by atoms with Gasteiger partial charge >= 0.3 is 5.97 Å². The fourth-order valence-corrected chi connectivity index (χ4v) is 3.30. The molecule has 0 saturated carbocycles. The molecule has 1 aliphatic rings. The van der Waals surface area contributed by atoms with Crippen LogP contribution in [0, 0.1) is 6.92 Å². The maximum absolute atomic E-state index is 12.2. The standard InChI is InChI=1S/C19H18N4O5/c1-11-10-23(20-16(11)17(24)25)13-5-3-4-12(8-13)14-9-15(28-21-14)19(27)6-7-22(2)18(19)26/h3-5,8-10,27H,6-7H2,1-2H3,(H,24,25)/t19-/m1/s1. The first kappa shape index (κ1) is 17.9. The lowest BCUT2D eigenvalue weighted by Gasteiger charge is -2.16. The Balaban J connectivity index is 1.68. The van der Waals surface area contributed by atoms with Crippen molar-refractivity contribution < 1.29 is 24.3 Å². The fourth-order valence-electron chi connectivity index (χ4n) is 3.30. The Kier molecular flexibility index (Phi) is 4.04. The number of nitrogens with zero attached hydrogens (tertiary/aromatic N) is 4. The van der Waals surface area contributed by atoms with Gasteiger partial charge in [0, 0.05) is 43.4 Å². The summed E-state index contributed by atoms with van der Waals surface area (Å²) in [6.07, 6.45) is 1.87. The Morgan fingerprint density at radius 1 is 1.32 bits per heavy atom. The summed E-state index contributed by atoms with van der Waals surface area (Å²) in [6, 6.07) is 8.68. The van der Waals surface area contributed by atoms with Crippen LogP contribution in [0.15, 0.2) is 41.1 Å². The van der Waals surface area contributed by atoms with Gasteiger partial charge in [-0.15, -0.1) is 0 Å². The van der Waals surface area contributed by atoms with Crippen molar-refractivity contribution >= 4 is 11.9 Å². The van der Waals surface area contributed by atoms with Gasteiger partial charge < -0.3 is 19.6 Å². The number of aromatic nitrogens is 3. The Hall–Kier alpha value is -3.46. The van der Waals surface area contributed by atoms with Crippen LogP contribution in [0.2, 0.25) is 0 Å². The first-order valence-corrected chi connectivity index (χ1v) is 8.65. The molecule has 1 saturated heterocycles. The number of hydrogen-bond donors (Lipinski definition) is 2. The van der Waals surface area contributed by atoms with Crippen molar-refractivity contribution in [3.63, 3.8) is 0 Å². The molecule has 0 bridgehead atoms. The van der Waals surface area contributed by atoms with Gasteiger partial charge in [-0.05, 0) is 19.1 Å². The number of amides is 1. The fraction of sp³-hybridized carbons (Fsp3) is 0.263. The molecule has 4 rings (SSSR count). The average molecular weight is 382 g/mol. The lowest BCUT2D eigenvalue weighted by molar-refractivity contribution is -0.144. The molecule has 9 nitrogen and oxygen atoms in total. The molecule has 1 aliphatic heterocycles. The molecule has 3 aromatic rings. The van der Waals surface area contributed by atoms with E-state index in [0.717, 1.165) is 0 Å². The van der Waals surface area contributed by atoms with E-state index in [1.54, 1.807) is 50.5 Å². The van der Waals surface area contributed by atoms with Crippen molar-refractivity contribution in [2.45, 2.75) is 18.9 Å². The number of carboxylic acids is 1. The second-order valence-corrected chi connectivity index (χ2v) is 6.87. The molecule has 0 radical (unpaired) electrons. The number of carboxylic acid groups (broad SMARTS) is 1. The minimum Gasteiger partial charge on any atom is -0.476 e. The summed E-state index contributed by atoms with van der Waals surface area (Å²) in [4.78, 5) is 24.9. The number of likely N-dealkylation sites (tertiary alicyclic amines) is 1. The van der Waals surface area contributed by atoms with Gasteiger partial charge in [0.15, 0.2) is 11.5 Å². The third-order valence-corrected chi connectivity index (χ3v) is 4.93. The summed E-state index contributed by atoms with van der Waals surface area (Å²) in [5, 5.41) is 27.9. The van der Waals surface area contributed by atoms with Crippen LogP contribution < -0.4 is 0 Å². The minimum atomic E-state index is -1.70. The summed E-state index contributed by atoms with van der Waals surface area (Å²) < 4.78 is 6.76. The van der Waals surface area contributed by atoms with E-state index in [9.17, 15) is 19.8 Å². The van der Waals surface area contributed by atoms with Gasteiger partial charge in [-0.1, -0.05) is 17.3 Å². The predicted molar refractivity (Wildman–Crippen MR) is 96.9 cm³/mol. The number of aromatic carboxylic acids is 1. The van der Waals surface area contributed by atoms with Gasteiger partial charge in [0.05, 0.1) is 5.69 Å². The quantitative estimate of drug-likeness (QED) is 0.702. The van der Waals surface area contributed by atoms with Gasteiger partial charge in [-0.2, -0.15) is 5.10 Å². The van der Waals surface area contributed by atoms with Crippen molar-refractivity contribution in [2.75, 3.05) is 13.6 Å². The van der Waals surface area contributed by atoms with Crippen molar-refractivity contribution in [1.82, 2.24) is 19.8 Å². The number of likely N-dealkylation sites (N-methyl/N-ethyl adjacent to an activating group) is 1. The highest BCUT2D eigenvalue weighted by atomic mass is 16.5. The van der Waals surface area contributed by atoms with Crippen molar-refractivity contribution in [3.8, 4) is 16.9 Å². The summed E-state index contributed by atoms with van der Waals surface area (Å²) in [7, 11) is 1.62. The highest BCUT2D eigenvalue weighted by molar-refractivity contribution is 5.88. The summed E-state index contributed by atoms with van der Waals surface area (Å²) >= 11 is 0. The van der Waals surface area contributed by atoms with Crippen molar-refractivity contribution in [3.05, 3.63) is 53.5 Å². The summed E-state index contributed by atoms with van der Waals surface area (Å²) in [5.74, 6) is -1.41. The van der Waals surface area contributed by atoms with Gasteiger partial charge in [-0.3, -0.25) is 4.79 Å². The van der Waals surface area contributed by atoms with Crippen molar-refractivity contribution in [1.29, 1.82) is 0 Å². The first-order valence-electron chi connectivity index (χ1n) is 8.65. The molecule has 9 heteroatoms. The second-order valence-electron chi connectivity index (χ2n) is 6.87. The van der Waals surface area contributed by atoms with E-state index in [1.807, 2.05) is 0 Å². The molecule has 1 fully saturated rings. The number of benzene rings is 1. The molecule has 2 aromatic heterocycles. The molecule has 0 aliphatic carbocycles. The Bertz CT molecular complexity index is 1090. The third-order valence-electron chi connectivity index (χ3n) is 4.93. The monoisotopic (exact) mass is 382 g/mol. The summed E-state index contributed by atoms with van der Waals surface area (Å²) in [6.45, 7) is 2.11. The molecule has 28 heavy (non-hydrogen) atoms. The van der Waals surface area contributed by atoms with E-state index < -0.39 is 17.5 Å². The van der Waals surface area contributed by atoms with Crippen LogP contribution in [-0.4, -0.2) is 55.5 Å². The summed E-state index contributed by atoms with van der Waals surface area (Å²) in [5.41, 5.74) is 0.614. The van der Waals surface area contributed by atoms with Crippen LogP contribution in [0.25, 0.3) is 16.9 Å². The number of aryl methyl sites for hydroxylation is 1. The third kappa shape index (κ3) is 2.76. The van der Waals surface area contributed by atoms with Crippen molar-refractivity contribution in [2.24, 2.45) is 0 Å². The van der Waals surface area contributed by atoms with E-state index >= 15 is 0 Å². The zero-order valence-corrected chi connectivity index (χ0v) is 15.3. The van der Waals surface area contributed by atoms with E-state index in [4.69, 9.17) is 4.52 Å². The molecular formula is C19H18N4O5. The minimum absolute atomic E-state index is 0.0137. The number of rotatable bonds is 4. The Morgan fingerprint density at radius 3 is 2.75 bits per heavy atom. The average Bonchev–Trinajstić information content (AvgIpc) is 3.38. The smallest absolute Gasteiger partial charge is 0.356 e. The zero-order valence-electron chi connectivity index (χ0n) is 15.3. The molecule has 1 aromatic carbocycles. The number of carbonyl (C=O) groups is 2. The molecule has 0 unspecified atom stereocenters. The van der Waals surface area contributed by atoms with Gasteiger partial charge in [0.1, 0.15) is 5.69 Å². The lowest BCUT2D eigenvalue weighted by atomic mass is 9.98. The van der Waals surface area contributed by atoms with Crippen LogP contribution in [0.3, 0.4) is 0 Å². The predicted octanol–water partition coefficient (Wildman–Crippen LogP) is 1.58. The Morgan fingerprint density at radius 2 is 2.11 bits per heavy atom. The van der Waals surface area contributed by atoms with Crippen LogP contribution in [0.1, 0.15) is 28.2 Å². The molecule has 1 amide bonds. The maximum Gasteiger partial charge on any atom is 0.356 e. The SMILES string of the molecule is Cc1cn(-c2cccc(-c3cc([C@]4(O)CCN(C)C4=O)on3)c2)nc1C(=O)O. The molecule has 144 valence electrons. The van der Waals surface area contributed by atoms with E-state index in [0.29, 0.717) is 29.1 Å². The number of carbonyl (C=O) groups excluding carboxylic acids is 1. The van der Waals surface area contributed by atoms with E-state index in [2.05, 4.69) is 10.3 Å². The highest BCUT2D eigenvalue weighted by Gasteiger charge is 2.48. The van der Waals surface area contributed by atoms with E-state index in [-0.39, 0.29) is 17.9 Å². The lowest BCUT2D eigenvalue weighted by Crippen LogP contribution is -2.35. The Labute approximate surface area is 159 Å². The van der Waals surface area contributed by atoms with Gasteiger partial charge in [-0.25, -0.2) is 9.48 Å². The number of hydrogen-bond acceptors (Lipinski definition) is 6. The second kappa shape index (κ2) is 6.31. The van der Waals surface area contributed by atoms with Crippen LogP contribution in [-0.2, 0) is 10.4 Å². The van der Waals surface area contributed by atoms with Crippen LogP contribution >= 0.6 is 0 Å². The van der Waals surface area contributed by atoms with Crippen LogP contribution in [0.4, 0.5) is 0 Å². The molecule has 1 atom stereocenters. The normalized spacial score (nSPS) is 19.4. The first-order chi connectivity index (χ1) is 13.3. The largest absolute Gasteiger partial charge is 0.476 e.